The van der Waals surface area contributed by atoms with Gasteiger partial charge >= 0.3 is 0 Å². The lowest BCUT2D eigenvalue weighted by Gasteiger charge is -2.24. The number of thiophene rings is 1. The molecule has 0 saturated carbocycles. The van der Waals surface area contributed by atoms with Crippen molar-refractivity contribution in [3.8, 4) is 5.75 Å². The van der Waals surface area contributed by atoms with Crippen molar-refractivity contribution in [2.75, 3.05) is 6.61 Å². The van der Waals surface area contributed by atoms with Crippen LogP contribution >= 0.6 is 33.9 Å². The van der Waals surface area contributed by atoms with Crippen LogP contribution in [0.2, 0.25) is 0 Å². The van der Waals surface area contributed by atoms with Gasteiger partial charge in [-0.2, -0.15) is 0 Å². The summed E-state index contributed by atoms with van der Waals surface area (Å²) in [5, 5.41) is 3.72. The van der Waals surface area contributed by atoms with Gasteiger partial charge in [0.15, 0.2) is 0 Å². The minimum atomic E-state index is 0.504. The van der Waals surface area contributed by atoms with Gasteiger partial charge in [-0.1, -0.05) is 12.1 Å². The van der Waals surface area contributed by atoms with Gasteiger partial charge < -0.3 is 10.1 Å². The molecule has 2 aromatic rings. The Morgan fingerprint density at radius 2 is 2.29 bits per heavy atom. The van der Waals surface area contributed by atoms with E-state index >= 15 is 0 Å². The second-order valence-electron chi connectivity index (χ2n) is 5.34. The molecule has 21 heavy (non-hydrogen) atoms. The maximum absolute atomic E-state index is 5.57. The van der Waals surface area contributed by atoms with Crippen molar-refractivity contribution < 1.29 is 4.74 Å². The van der Waals surface area contributed by atoms with Crippen LogP contribution in [0.15, 0.2) is 30.3 Å². The summed E-state index contributed by atoms with van der Waals surface area (Å²) >= 11 is 4.39. The number of hydrogen-bond donors (Lipinski definition) is 1. The van der Waals surface area contributed by atoms with Crippen molar-refractivity contribution >= 4 is 33.9 Å². The van der Waals surface area contributed by atoms with Crippen LogP contribution in [0.5, 0.6) is 5.75 Å². The van der Waals surface area contributed by atoms with E-state index in [1.54, 1.807) is 4.88 Å². The summed E-state index contributed by atoms with van der Waals surface area (Å²) in [6.45, 7) is 3.64. The molecule has 1 aliphatic carbocycles. The topological polar surface area (TPSA) is 21.3 Å². The average Bonchev–Trinajstić information content (AvgIpc) is 2.86. The quantitative estimate of drug-likeness (QED) is 0.703. The van der Waals surface area contributed by atoms with Crippen LogP contribution in [-0.2, 0) is 13.0 Å². The first kappa shape index (κ1) is 15.3. The monoisotopic (exact) mass is 413 g/mol. The Labute approximate surface area is 144 Å². The van der Waals surface area contributed by atoms with Crippen molar-refractivity contribution in [1.82, 2.24) is 5.32 Å². The fourth-order valence-electron chi connectivity index (χ4n) is 2.89. The third kappa shape index (κ3) is 3.79. The van der Waals surface area contributed by atoms with Gasteiger partial charge in [0.2, 0.25) is 0 Å². The van der Waals surface area contributed by atoms with Crippen molar-refractivity contribution in [3.63, 3.8) is 0 Å². The number of nitrogens with one attached hydrogen (secondary N) is 1. The van der Waals surface area contributed by atoms with E-state index < -0.39 is 0 Å². The number of aryl methyl sites for hydroxylation is 1. The molecule has 0 fully saturated rings. The molecule has 1 heterocycles. The molecule has 0 bridgehead atoms. The highest BCUT2D eigenvalue weighted by Gasteiger charge is 2.22. The summed E-state index contributed by atoms with van der Waals surface area (Å²) in [5.74, 6) is 0.964. The largest absolute Gasteiger partial charge is 0.494 e. The molecule has 112 valence electrons. The zero-order valence-corrected chi connectivity index (χ0v) is 15.2. The minimum Gasteiger partial charge on any atom is -0.494 e. The molecule has 2 nitrogen and oxygen atoms in total. The molecule has 1 aromatic heterocycles. The van der Waals surface area contributed by atoms with Crippen LogP contribution in [0.3, 0.4) is 0 Å². The summed E-state index contributed by atoms with van der Waals surface area (Å²) in [5.41, 5.74) is 2.81. The maximum atomic E-state index is 5.57. The van der Waals surface area contributed by atoms with Crippen LogP contribution < -0.4 is 10.1 Å². The minimum absolute atomic E-state index is 0.504. The van der Waals surface area contributed by atoms with Gasteiger partial charge in [0.05, 0.1) is 9.49 Å². The van der Waals surface area contributed by atoms with Gasteiger partial charge in [-0.25, -0.2) is 0 Å². The summed E-state index contributed by atoms with van der Waals surface area (Å²) in [6, 6.07) is 11.3. The SMILES string of the molecule is CCOc1cccc(CNC2CCCc3sc(I)cc32)c1. The van der Waals surface area contributed by atoms with E-state index in [0.29, 0.717) is 6.04 Å². The average molecular weight is 413 g/mol. The number of fused-ring (bicyclic) bond motifs is 1. The van der Waals surface area contributed by atoms with Crippen LogP contribution in [0, 0.1) is 2.88 Å². The summed E-state index contributed by atoms with van der Waals surface area (Å²) in [6.07, 6.45) is 3.78. The molecule has 0 aliphatic heterocycles. The van der Waals surface area contributed by atoms with Gasteiger partial charge in [0, 0.05) is 17.5 Å². The zero-order chi connectivity index (χ0) is 14.7. The van der Waals surface area contributed by atoms with E-state index in [9.17, 15) is 0 Å². The van der Waals surface area contributed by atoms with E-state index in [0.717, 1.165) is 18.9 Å². The lowest BCUT2D eigenvalue weighted by Crippen LogP contribution is -2.23. The Kier molecular flexibility index (Phi) is 5.19. The first-order valence-electron chi connectivity index (χ1n) is 7.49. The lowest BCUT2D eigenvalue weighted by atomic mass is 9.94. The molecule has 4 heteroatoms. The second kappa shape index (κ2) is 7.11. The third-order valence-corrected chi connectivity index (χ3v) is 5.82. The van der Waals surface area contributed by atoms with Gasteiger partial charge in [0.1, 0.15) is 5.75 Å². The van der Waals surface area contributed by atoms with Crippen molar-refractivity contribution in [2.45, 2.75) is 38.8 Å². The summed E-state index contributed by atoms with van der Waals surface area (Å²) in [7, 11) is 0. The Balaban J connectivity index is 1.67. The zero-order valence-electron chi connectivity index (χ0n) is 12.2. The van der Waals surface area contributed by atoms with Gasteiger partial charge in [-0.3, -0.25) is 0 Å². The first-order valence-corrected chi connectivity index (χ1v) is 9.39. The van der Waals surface area contributed by atoms with Gasteiger partial charge in [-0.15, -0.1) is 11.3 Å². The summed E-state index contributed by atoms with van der Waals surface area (Å²) in [4.78, 5) is 1.58. The number of rotatable bonds is 5. The van der Waals surface area contributed by atoms with Crippen LogP contribution in [0.1, 0.15) is 41.8 Å². The lowest BCUT2D eigenvalue weighted by molar-refractivity contribution is 0.339. The first-order chi connectivity index (χ1) is 10.3. The molecule has 1 aromatic carbocycles. The van der Waals surface area contributed by atoms with E-state index in [2.05, 4.69) is 52.2 Å². The maximum Gasteiger partial charge on any atom is 0.119 e. The van der Waals surface area contributed by atoms with E-state index in [4.69, 9.17) is 4.74 Å². The van der Waals surface area contributed by atoms with Crippen molar-refractivity contribution in [3.05, 3.63) is 49.2 Å². The molecule has 0 radical (unpaired) electrons. The van der Waals surface area contributed by atoms with Crippen LogP contribution in [-0.4, -0.2) is 6.61 Å². The highest BCUT2D eigenvalue weighted by atomic mass is 127. The van der Waals surface area contributed by atoms with Gasteiger partial charge in [-0.05, 0) is 78.1 Å². The Hall–Kier alpha value is -0.590. The highest BCUT2D eigenvalue weighted by Crippen LogP contribution is 2.36. The third-order valence-electron chi connectivity index (χ3n) is 3.85. The number of ether oxygens (including phenoxy) is 1. The fraction of sp³-hybridized carbons (Fsp3) is 0.412. The van der Waals surface area contributed by atoms with Crippen LogP contribution in [0.25, 0.3) is 0 Å². The number of hydrogen-bond acceptors (Lipinski definition) is 3. The standard InChI is InChI=1S/C17H20INOS/c1-2-20-13-6-3-5-12(9-13)11-19-15-7-4-8-16-14(15)10-17(18)21-16/h3,5-6,9-10,15,19H,2,4,7-8,11H2,1H3. The molecule has 0 spiro atoms. The molecule has 1 atom stereocenters. The van der Waals surface area contributed by atoms with E-state index in [-0.39, 0.29) is 0 Å². The molecule has 0 saturated heterocycles. The predicted octanol–water partition coefficient (Wildman–Crippen LogP) is 4.92. The molecular formula is C17H20INOS. The van der Waals surface area contributed by atoms with E-state index in [1.165, 1.54) is 33.3 Å². The van der Waals surface area contributed by atoms with Gasteiger partial charge in [0.25, 0.3) is 0 Å². The van der Waals surface area contributed by atoms with Crippen molar-refractivity contribution in [2.24, 2.45) is 0 Å². The molecule has 3 rings (SSSR count). The Bertz CT molecular complexity index is 611. The normalized spacial score (nSPS) is 17.5. The van der Waals surface area contributed by atoms with Crippen LogP contribution in [0.4, 0.5) is 0 Å². The molecule has 1 unspecified atom stereocenters. The predicted molar refractivity (Wildman–Crippen MR) is 97.2 cm³/mol. The molecule has 0 amide bonds. The number of benzene rings is 1. The Morgan fingerprint density at radius 1 is 1.38 bits per heavy atom. The number of halogens is 1. The summed E-state index contributed by atoms with van der Waals surface area (Å²) < 4.78 is 6.98. The second-order valence-corrected chi connectivity index (χ2v) is 8.37. The van der Waals surface area contributed by atoms with Crippen molar-refractivity contribution in [1.29, 1.82) is 0 Å². The molecule has 1 N–H and O–H groups in total. The molecular weight excluding hydrogens is 393 g/mol. The molecule has 1 aliphatic rings. The highest BCUT2D eigenvalue weighted by molar-refractivity contribution is 14.1. The smallest absolute Gasteiger partial charge is 0.119 e. The fourth-order valence-corrected chi connectivity index (χ4v) is 5.01. The Morgan fingerprint density at radius 3 is 3.14 bits per heavy atom. The van der Waals surface area contributed by atoms with E-state index in [1.807, 2.05) is 24.3 Å².